The first-order valence-electron chi connectivity index (χ1n) is 6.80. The van der Waals surface area contributed by atoms with E-state index in [0.29, 0.717) is 17.5 Å². The zero-order valence-electron chi connectivity index (χ0n) is 10.9. The standard InChI is InChI=1S/C14H15N3OS2/c18-14(17-6-9-4-15-5-10(9)7-17)11-8-20-13(16-11)12-2-1-3-19-12/h1-3,8-10,15H,4-7H2/t9-,10+. The van der Waals surface area contributed by atoms with E-state index in [4.69, 9.17) is 0 Å². The van der Waals surface area contributed by atoms with Gasteiger partial charge in [0.1, 0.15) is 10.7 Å². The quantitative estimate of drug-likeness (QED) is 0.925. The lowest BCUT2D eigenvalue weighted by Gasteiger charge is -2.15. The molecule has 0 unspecified atom stereocenters. The molecular formula is C14H15N3OS2. The van der Waals surface area contributed by atoms with Gasteiger partial charge < -0.3 is 10.2 Å². The van der Waals surface area contributed by atoms with Crippen LogP contribution in [0.25, 0.3) is 9.88 Å². The lowest BCUT2D eigenvalue weighted by molar-refractivity contribution is 0.0777. The van der Waals surface area contributed by atoms with Crippen LogP contribution in [-0.2, 0) is 0 Å². The molecule has 2 saturated heterocycles. The summed E-state index contributed by atoms with van der Waals surface area (Å²) in [6, 6.07) is 4.06. The van der Waals surface area contributed by atoms with Crippen LogP contribution in [0.5, 0.6) is 0 Å². The molecule has 0 spiro atoms. The molecule has 0 aromatic carbocycles. The molecule has 2 fully saturated rings. The van der Waals surface area contributed by atoms with Gasteiger partial charge in [0.25, 0.3) is 5.91 Å². The Kier molecular flexibility index (Phi) is 3.09. The van der Waals surface area contributed by atoms with Gasteiger partial charge in [0.15, 0.2) is 0 Å². The van der Waals surface area contributed by atoms with Crippen LogP contribution in [-0.4, -0.2) is 42.0 Å². The maximum Gasteiger partial charge on any atom is 0.273 e. The molecular weight excluding hydrogens is 290 g/mol. The molecule has 6 heteroatoms. The summed E-state index contributed by atoms with van der Waals surface area (Å²) in [4.78, 5) is 20.1. The Balaban J connectivity index is 1.52. The number of thiophene rings is 1. The molecule has 0 bridgehead atoms. The van der Waals surface area contributed by atoms with E-state index in [9.17, 15) is 4.79 Å². The number of hydrogen-bond donors (Lipinski definition) is 1. The van der Waals surface area contributed by atoms with Crippen LogP contribution in [0.4, 0.5) is 0 Å². The van der Waals surface area contributed by atoms with Gasteiger partial charge in [-0.05, 0) is 23.3 Å². The van der Waals surface area contributed by atoms with Crippen molar-refractivity contribution in [1.82, 2.24) is 15.2 Å². The highest BCUT2D eigenvalue weighted by atomic mass is 32.1. The van der Waals surface area contributed by atoms with E-state index in [-0.39, 0.29) is 5.91 Å². The average molecular weight is 305 g/mol. The Labute approximate surface area is 125 Å². The van der Waals surface area contributed by atoms with Crippen LogP contribution in [0.2, 0.25) is 0 Å². The molecule has 2 aromatic heterocycles. The normalized spacial score (nSPS) is 25.1. The van der Waals surface area contributed by atoms with Crippen LogP contribution >= 0.6 is 22.7 Å². The molecule has 4 rings (SSSR count). The molecule has 4 nitrogen and oxygen atoms in total. The zero-order chi connectivity index (χ0) is 13.5. The van der Waals surface area contributed by atoms with E-state index >= 15 is 0 Å². The second-order valence-electron chi connectivity index (χ2n) is 5.40. The number of rotatable bonds is 2. The smallest absolute Gasteiger partial charge is 0.273 e. The van der Waals surface area contributed by atoms with Crippen molar-refractivity contribution in [3.63, 3.8) is 0 Å². The highest BCUT2D eigenvalue weighted by Crippen LogP contribution is 2.30. The number of likely N-dealkylation sites (tertiary alicyclic amines) is 1. The van der Waals surface area contributed by atoms with Crippen molar-refractivity contribution in [2.24, 2.45) is 11.8 Å². The Bertz CT molecular complexity index is 610. The van der Waals surface area contributed by atoms with Crippen molar-refractivity contribution >= 4 is 28.6 Å². The summed E-state index contributed by atoms with van der Waals surface area (Å²) in [5.74, 6) is 1.36. The first kappa shape index (κ1) is 12.5. The number of carbonyl (C=O) groups is 1. The summed E-state index contributed by atoms with van der Waals surface area (Å²) in [7, 11) is 0. The van der Waals surface area contributed by atoms with Crippen molar-refractivity contribution in [1.29, 1.82) is 0 Å². The molecule has 4 heterocycles. The van der Waals surface area contributed by atoms with Gasteiger partial charge in [-0.15, -0.1) is 22.7 Å². The number of fused-ring (bicyclic) bond motifs is 1. The third kappa shape index (κ3) is 2.08. The van der Waals surface area contributed by atoms with E-state index in [2.05, 4.69) is 10.3 Å². The SMILES string of the molecule is O=C(c1csc(-c2cccs2)n1)N1C[C@H]2CNC[C@H]2C1. The fourth-order valence-corrected chi connectivity index (χ4v) is 4.68. The van der Waals surface area contributed by atoms with Gasteiger partial charge in [-0.25, -0.2) is 4.98 Å². The van der Waals surface area contributed by atoms with Gasteiger partial charge in [-0.2, -0.15) is 0 Å². The number of amides is 1. The molecule has 0 radical (unpaired) electrons. The molecule has 2 atom stereocenters. The van der Waals surface area contributed by atoms with E-state index in [1.807, 2.05) is 27.8 Å². The third-order valence-electron chi connectivity index (χ3n) is 4.13. The molecule has 0 saturated carbocycles. The predicted octanol–water partition coefficient (Wildman–Crippen LogP) is 2.16. The second-order valence-corrected chi connectivity index (χ2v) is 7.21. The zero-order valence-corrected chi connectivity index (χ0v) is 12.5. The van der Waals surface area contributed by atoms with Crippen LogP contribution in [0.15, 0.2) is 22.9 Å². The summed E-state index contributed by atoms with van der Waals surface area (Å²) in [6.45, 7) is 3.85. The van der Waals surface area contributed by atoms with Crippen molar-refractivity contribution in [2.45, 2.75) is 0 Å². The summed E-state index contributed by atoms with van der Waals surface area (Å²) in [5, 5.41) is 8.27. The van der Waals surface area contributed by atoms with Crippen molar-refractivity contribution < 1.29 is 4.79 Å². The molecule has 1 N–H and O–H groups in total. The van der Waals surface area contributed by atoms with Crippen LogP contribution < -0.4 is 5.32 Å². The number of carbonyl (C=O) groups excluding carboxylic acids is 1. The third-order valence-corrected chi connectivity index (χ3v) is 6.01. The minimum absolute atomic E-state index is 0.0958. The Morgan fingerprint density at radius 2 is 2.10 bits per heavy atom. The van der Waals surface area contributed by atoms with Gasteiger partial charge >= 0.3 is 0 Å². The summed E-state index contributed by atoms with van der Waals surface area (Å²) in [6.07, 6.45) is 0. The summed E-state index contributed by atoms with van der Waals surface area (Å²) < 4.78 is 0. The van der Waals surface area contributed by atoms with E-state index in [1.54, 1.807) is 22.7 Å². The minimum atomic E-state index is 0.0958. The maximum absolute atomic E-state index is 12.5. The highest BCUT2D eigenvalue weighted by Gasteiger charge is 2.38. The topological polar surface area (TPSA) is 45.2 Å². The molecule has 2 aliphatic rings. The largest absolute Gasteiger partial charge is 0.337 e. The second kappa shape index (κ2) is 4.95. The van der Waals surface area contributed by atoms with Crippen LogP contribution in [0.3, 0.4) is 0 Å². The Morgan fingerprint density at radius 1 is 1.30 bits per heavy atom. The molecule has 2 aliphatic heterocycles. The van der Waals surface area contributed by atoms with Gasteiger partial charge in [0.2, 0.25) is 0 Å². The molecule has 20 heavy (non-hydrogen) atoms. The molecule has 104 valence electrons. The first-order chi connectivity index (χ1) is 9.81. The monoisotopic (exact) mass is 305 g/mol. The predicted molar refractivity (Wildman–Crippen MR) is 81.2 cm³/mol. The fraction of sp³-hybridized carbons (Fsp3) is 0.429. The Hall–Kier alpha value is -1.24. The Morgan fingerprint density at radius 3 is 2.80 bits per heavy atom. The van der Waals surface area contributed by atoms with Gasteiger partial charge in [-0.3, -0.25) is 4.79 Å². The first-order valence-corrected chi connectivity index (χ1v) is 8.56. The molecule has 2 aromatic rings. The molecule has 1 amide bonds. The number of thiazole rings is 1. The van der Waals surface area contributed by atoms with E-state index < -0.39 is 0 Å². The number of aromatic nitrogens is 1. The van der Waals surface area contributed by atoms with Gasteiger partial charge in [-0.1, -0.05) is 6.07 Å². The summed E-state index contributed by atoms with van der Waals surface area (Å²) in [5.41, 5.74) is 0.603. The van der Waals surface area contributed by atoms with E-state index in [0.717, 1.165) is 36.1 Å². The summed E-state index contributed by atoms with van der Waals surface area (Å²) >= 11 is 3.22. The number of nitrogens with zero attached hydrogens (tertiary/aromatic N) is 2. The lowest BCUT2D eigenvalue weighted by atomic mass is 10.0. The van der Waals surface area contributed by atoms with Crippen molar-refractivity contribution in [2.75, 3.05) is 26.2 Å². The average Bonchev–Trinajstić information content (AvgIpc) is 3.19. The van der Waals surface area contributed by atoms with Crippen LogP contribution in [0, 0.1) is 11.8 Å². The number of nitrogens with one attached hydrogen (secondary N) is 1. The van der Waals surface area contributed by atoms with Crippen molar-refractivity contribution in [3.05, 3.63) is 28.6 Å². The lowest BCUT2D eigenvalue weighted by Crippen LogP contribution is -2.32. The number of hydrogen-bond acceptors (Lipinski definition) is 5. The highest BCUT2D eigenvalue weighted by molar-refractivity contribution is 7.20. The van der Waals surface area contributed by atoms with Crippen molar-refractivity contribution in [3.8, 4) is 9.88 Å². The van der Waals surface area contributed by atoms with E-state index in [1.165, 1.54) is 0 Å². The van der Waals surface area contributed by atoms with Gasteiger partial charge in [0, 0.05) is 31.6 Å². The molecule has 0 aliphatic carbocycles. The minimum Gasteiger partial charge on any atom is -0.337 e. The fourth-order valence-electron chi connectivity index (χ4n) is 3.07. The van der Waals surface area contributed by atoms with Crippen LogP contribution in [0.1, 0.15) is 10.5 Å². The van der Waals surface area contributed by atoms with Gasteiger partial charge in [0.05, 0.1) is 4.88 Å². The maximum atomic E-state index is 12.5.